The van der Waals surface area contributed by atoms with E-state index in [4.69, 9.17) is 11.0 Å². The third kappa shape index (κ3) is 2.05. The molecule has 1 aliphatic rings. The van der Waals surface area contributed by atoms with Crippen LogP contribution < -0.4 is 10.6 Å². The average molecular weight is 265 g/mol. The molecular weight excluding hydrogens is 250 g/mol. The van der Waals surface area contributed by atoms with Crippen LogP contribution in [-0.2, 0) is 0 Å². The lowest BCUT2D eigenvalue weighted by Gasteiger charge is -2.27. The van der Waals surface area contributed by atoms with Gasteiger partial charge in [0.05, 0.1) is 17.3 Å². The van der Waals surface area contributed by atoms with Gasteiger partial charge >= 0.3 is 0 Å². The van der Waals surface area contributed by atoms with Crippen LogP contribution in [0.5, 0.6) is 0 Å². The van der Waals surface area contributed by atoms with E-state index in [1.807, 2.05) is 12.1 Å². The molecule has 0 aliphatic carbocycles. The molecule has 0 amide bonds. The molecule has 0 spiro atoms. The molecule has 0 bridgehead atoms. The van der Waals surface area contributed by atoms with Gasteiger partial charge in [0, 0.05) is 25.1 Å². The van der Waals surface area contributed by atoms with Crippen LogP contribution in [0.25, 0.3) is 0 Å². The number of nitrogens with two attached hydrogens (primary N) is 1. The summed E-state index contributed by atoms with van der Waals surface area (Å²) in [6.45, 7) is 0.902. The summed E-state index contributed by atoms with van der Waals surface area (Å²) in [6, 6.07) is 8.06. The molecule has 5 heteroatoms. The van der Waals surface area contributed by atoms with Gasteiger partial charge in [-0.05, 0) is 36.6 Å². The highest BCUT2D eigenvalue weighted by Crippen LogP contribution is 2.37. The lowest BCUT2D eigenvalue weighted by Crippen LogP contribution is -2.24. The maximum Gasteiger partial charge on any atom is 0.153 e. The van der Waals surface area contributed by atoms with Gasteiger partial charge in [0.2, 0.25) is 0 Å². The van der Waals surface area contributed by atoms with Crippen LogP contribution in [0.3, 0.4) is 0 Å². The van der Waals surface area contributed by atoms with Crippen molar-refractivity contribution in [1.29, 1.82) is 5.26 Å². The Morgan fingerprint density at radius 3 is 2.80 bits per heavy atom. The van der Waals surface area contributed by atoms with E-state index in [9.17, 15) is 0 Å². The fourth-order valence-electron chi connectivity index (χ4n) is 2.74. The Hall–Kier alpha value is -2.61. The Kier molecular flexibility index (Phi) is 3.21. The summed E-state index contributed by atoms with van der Waals surface area (Å²) in [4.78, 5) is 10.6. The smallest absolute Gasteiger partial charge is 0.153 e. The zero-order valence-electron chi connectivity index (χ0n) is 11.0. The molecule has 0 saturated carbocycles. The summed E-state index contributed by atoms with van der Waals surface area (Å²) >= 11 is 0. The maximum absolute atomic E-state index is 9.08. The summed E-state index contributed by atoms with van der Waals surface area (Å²) in [5.74, 6) is 0.711. The number of nitrogen functional groups attached to an aromatic ring is 1. The number of hydrogen-bond acceptors (Lipinski definition) is 5. The maximum atomic E-state index is 9.08. The topological polar surface area (TPSA) is 78.8 Å². The minimum atomic E-state index is 0.252. The SMILES string of the molecule is N#Cc1ccnc(N2CCCC2c2ccncc2)c1N. The fourth-order valence-corrected chi connectivity index (χ4v) is 2.74. The number of nitrogens with zero attached hydrogens (tertiary/aromatic N) is 4. The van der Waals surface area contributed by atoms with Gasteiger partial charge in [-0.1, -0.05) is 0 Å². The first kappa shape index (κ1) is 12.4. The van der Waals surface area contributed by atoms with Gasteiger partial charge in [-0.25, -0.2) is 4.98 Å². The first-order valence-corrected chi connectivity index (χ1v) is 6.62. The van der Waals surface area contributed by atoms with Crippen molar-refractivity contribution in [2.24, 2.45) is 0 Å². The molecule has 1 atom stereocenters. The van der Waals surface area contributed by atoms with E-state index < -0.39 is 0 Å². The van der Waals surface area contributed by atoms with Crippen molar-refractivity contribution >= 4 is 11.5 Å². The largest absolute Gasteiger partial charge is 0.395 e. The van der Waals surface area contributed by atoms with Crippen LogP contribution in [0, 0.1) is 11.3 Å². The molecule has 1 saturated heterocycles. The Morgan fingerprint density at radius 2 is 2.05 bits per heavy atom. The van der Waals surface area contributed by atoms with E-state index in [1.165, 1.54) is 5.56 Å². The van der Waals surface area contributed by atoms with Crippen LogP contribution >= 0.6 is 0 Å². The van der Waals surface area contributed by atoms with Crippen LogP contribution in [0.2, 0.25) is 0 Å². The van der Waals surface area contributed by atoms with Crippen molar-refractivity contribution in [3.8, 4) is 6.07 Å². The normalized spacial score (nSPS) is 17.9. The number of hydrogen-bond donors (Lipinski definition) is 1. The molecule has 2 N–H and O–H groups in total. The van der Waals surface area contributed by atoms with Gasteiger partial charge in [0.15, 0.2) is 5.82 Å². The molecule has 5 nitrogen and oxygen atoms in total. The molecule has 100 valence electrons. The monoisotopic (exact) mass is 265 g/mol. The van der Waals surface area contributed by atoms with E-state index in [0.29, 0.717) is 17.1 Å². The van der Waals surface area contributed by atoms with Crippen LogP contribution in [0.4, 0.5) is 11.5 Å². The Labute approximate surface area is 117 Å². The Balaban J connectivity index is 2.00. The lowest BCUT2D eigenvalue weighted by atomic mass is 10.1. The third-order valence-electron chi connectivity index (χ3n) is 3.71. The summed E-state index contributed by atoms with van der Waals surface area (Å²) in [5.41, 5.74) is 8.23. The quantitative estimate of drug-likeness (QED) is 0.901. The first-order valence-electron chi connectivity index (χ1n) is 6.62. The molecule has 2 aromatic rings. The summed E-state index contributed by atoms with van der Waals surface area (Å²) in [6.07, 6.45) is 7.39. The van der Waals surface area contributed by atoms with E-state index in [1.54, 1.807) is 24.7 Å². The summed E-state index contributed by atoms with van der Waals surface area (Å²) in [5, 5.41) is 9.08. The van der Waals surface area contributed by atoms with Crippen LogP contribution in [-0.4, -0.2) is 16.5 Å². The zero-order chi connectivity index (χ0) is 13.9. The molecule has 2 aromatic heterocycles. The highest BCUT2D eigenvalue weighted by atomic mass is 15.2. The van der Waals surface area contributed by atoms with Crippen molar-refractivity contribution in [2.75, 3.05) is 17.2 Å². The number of pyridine rings is 2. The average Bonchev–Trinajstić information content (AvgIpc) is 2.97. The number of aromatic nitrogens is 2. The minimum absolute atomic E-state index is 0.252. The molecule has 3 rings (SSSR count). The van der Waals surface area contributed by atoms with Gasteiger partial charge < -0.3 is 10.6 Å². The second-order valence-electron chi connectivity index (χ2n) is 4.84. The zero-order valence-corrected chi connectivity index (χ0v) is 11.0. The van der Waals surface area contributed by atoms with E-state index in [0.717, 1.165) is 19.4 Å². The molecule has 0 radical (unpaired) electrons. The van der Waals surface area contributed by atoms with Gasteiger partial charge in [0.25, 0.3) is 0 Å². The predicted octanol–water partition coefficient (Wildman–Crippen LogP) is 2.27. The summed E-state index contributed by atoms with van der Waals surface area (Å²) in [7, 11) is 0. The lowest BCUT2D eigenvalue weighted by molar-refractivity contribution is 0.711. The molecule has 1 fully saturated rings. The van der Waals surface area contributed by atoms with Crippen molar-refractivity contribution in [1.82, 2.24) is 9.97 Å². The number of nitriles is 1. The molecule has 1 unspecified atom stereocenters. The first-order chi connectivity index (χ1) is 9.81. The van der Waals surface area contributed by atoms with Crippen molar-refractivity contribution in [3.05, 3.63) is 47.9 Å². The molecule has 20 heavy (non-hydrogen) atoms. The van der Waals surface area contributed by atoms with Crippen molar-refractivity contribution in [2.45, 2.75) is 18.9 Å². The van der Waals surface area contributed by atoms with Gasteiger partial charge in [0.1, 0.15) is 6.07 Å². The third-order valence-corrected chi connectivity index (χ3v) is 3.71. The molecule has 1 aliphatic heterocycles. The standard InChI is InChI=1S/C15H15N5/c16-10-12-5-8-19-15(14(12)17)20-9-1-2-13(20)11-3-6-18-7-4-11/h3-8,13H,1-2,9,17H2. The highest BCUT2D eigenvalue weighted by Gasteiger charge is 2.28. The van der Waals surface area contributed by atoms with E-state index in [-0.39, 0.29) is 6.04 Å². The van der Waals surface area contributed by atoms with Crippen molar-refractivity contribution in [3.63, 3.8) is 0 Å². The van der Waals surface area contributed by atoms with E-state index >= 15 is 0 Å². The Morgan fingerprint density at radius 1 is 1.25 bits per heavy atom. The van der Waals surface area contributed by atoms with Gasteiger partial charge in [-0.15, -0.1) is 0 Å². The minimum Gasteiger partial charge on any atom is -0.395 e. The fraction of sp³-hybridized carbons (Fsp3) is 0.267. The van der Waals surface area contributed by atoms with Crippen LogP contribution in [0.1, 0.15) is 30.0 Å². The summed E-state index contributed by atoms with van der Waals surface area (Å²) < 4.78 is 0. The highest BCUT2D eigenvalue weighted by molar-refractivity contribution is 5.70. The second-order valence-corrected chi connectivity index (χ2v) is 4.84. The molecule has 3 heterocycles. The van der Waals surface area contributed by atoms with Gasteiger partial charge in [-0.3, -0.25) is 4.98 Å². The van der Waals surface area contributed by atoms with E-state index in [2.05, 4.69) is 20.9 Å². The predicted molar refractivity (Wildman–Crippen MR) is 76.9 cm³/mol. The van der Waals surface area contributed by atoms with Gasteiger partial charge in [-0.2, -0.15) is 5.26 Å². The molecular formula is C15H15N5. The Bertz CT molecular complexity index is 647. The molecule has 0 aromatic carbocycles. The van der Waals surface area contributed by atoms with Crippen molar-refractivity contribution < 1.29 is 0 Å². The second kappa shape index (κ2) is 5.17. The van der Waals surface area contributed by atoms with Crippen LogP contribution in [0.15, 0.2) is 36.8 Å². The number of rotatable bonds is 2. The number of anilines is 2.